The first-order valence-electron chi connectivity index (χ1n) is 7.85. The van der Waals surface area contributed by atoms with Crippen LogP contribution in [0.3, 0.4) is 0 Å². The highest BCUT2D eigenvalue weighted by molar-refractivity contribution is 6.05. The molecule has 0 aliphatic carbocycles. The lowest BCUT2D eigenvalue weighted by atomic mass is 10.0. The molecule has 0 saturated carbocycles. The molecule has 25 heavy (non-hydrogen) atoms. The lowest BCUT2D eigenvalue weighted by Crippen LogP contribution is -2.05. The minimum Gasteiger partial charge on any atom is -0.481 e. The molecule has 3 N–H and O–H groups in total. The van der Waals surface area contributed by atoms with Crippen molar-refractivity contribution in [1.29, 1.82) is 0 Å². The van der Waals surface area contributed by atoms with Crippen molar-refractivity contribution in [3.05, 3.63) is 65.3 Å². The molecule has 6 heteroatoms. The van der Waals surface area contributed by atoms with Crippen molar-refractivity contribution in [2.45, 2.75) is 13.3 Å². The van der Waals surface area contributed by atoms with E-state index in [0.29, 0.717) is 5.52 Å². The van der Waals surface area contributed by atoms with Crippen molar-refractivity contribution >= 4 is 27.8 Å². The molecule has 3 heterocycles. The van der Waals surface area contributed by atoms with Crippen LogP contribution in [0, 0.1) is 0 Å². The Morgan fingerprint density at radius 3 is 2.64 bits per heavy atom. The zero-order valence-corrected chi connectivity index (χ0v) is 13.6. The van der Waals surface area contributed by atoms with Crippen LogP contribution in [-0.2, 0) is 4.79 Å². The van der Waals surface area contributed by atoms with E-state index in [2.05, 4.69) is 21.0 Å². The first-order chi connectivity index (χ1) is 12.1. The highest BCUT2D eigenvalue weighted by Gasteiger charge is 2.07. The van der Waals surface area contributed by atoms with Gasteiger partial charge in [0.25, 0.3) is 5.56 Å². The Kier molecular flexibility index (Phi) is 4.61. The van der Waals surface area contributed by atoms with E-state index in [4.69, 9.17) is 5.11 Å². The number of hydrogen-bond donors (Lipinski definition) is 3. The number of fused-ring (bicyclic) bond motifs is 3. The van der Waals surface area contributed by atoms with E-state index in [1.165, 1.54) is 0 Å². The minimum absolute atomic E-state index is 0.0911. The summed E-state index contributed by atoms with van der Waals surface area (Å²) in [4.78, 5) is 31.3. The summed E-state index contributed by atoms with van der Waals surface area (Å²) in [5, 5.41) is 9.69. The Morgan fingerprint density at radius 2 is 1.96 bits per heavy atom. The van der Waals surface area contributed by atoms with Crippen molar-refractivity contribution in [1.82, 2.24) is 15.0 Å². The summed E-state index contributed by atoms with van der Waals surface area (Å²) >= 11 is 0. The number of aromatic amines is 2. The van der Waals surface area contributed by atoms with Gasteiger partial charge in [0, 0.05) is 46.9 Å². The van der Waals surface area contributed by atoms with E-state index in [9.17, 15) is 9.59 Å². The molecule has 0 aliphatic rings. The van der Waals surface area contributed by atoms with Gasteiger partial charge >= 0.3 is 5.97 Å². The highest BCUT2D eigenvalue weighted by Crippen LogP contribution is 2.26. The number of carbonyl (C=O) groups is 1. The third kappa shape index (κ3) is 3.42. The smallest absolute Gasteiger partial charge is 0.303 e. The van der Waals surface area contributed by atoms with Crippen LogP contribution in [0.1, 0.15) is 13.3 Å². The van der Waals surface area contributed by atoms with Gasteiger partial charge in [-0.05, 0) is 29.8 Å². The average Bonchev–Trinajstić information content (AvgIpc) is 3.14. The second-order valence-electron chi connectivity index (χ2n) is 5.47. The molecule has 1 aromatic carbocycles. The van der Waals surface area contributed by atoms with Crippen molar-refractivity contribution < 1.29 is 9.90 Å². The first-order valence-corrected chi connectivity index (χ1v) is 7.85. The van der Waals surface area contributed by atoms with Gasteiger partial charge in [-0.1, -0.05) is 19.1 Å². The molecule has 126 valence electrons. The fourth-order valence-electron chi connectivity index (χ4n) is 2.56. The average molecular weight is 335 g/mol. The molecule has 0 amide bonds. The molecule has 0 aliphatic heterocycles. The monoisotopic (exact) mass is 335 g/mol. The summed E-state index contributed by atoms with van der Waals surface area (Å²) < 4.78 is 0. The molecule has 0 fully saturated rings. The topological polar surface area (TPSA) is 98.8 Å². The van der Waals surface area contributed by atoms with Gasteiger partial charge in [-0.3, -0.25) is 14.6 Å². The molecule has 4 rings (SSSR count). The molecular weight excluding hydrogens is 318 g/mol. The molecule has 0 radical (unpaired) electrons. The van der Waals surface area contributed by atoms with Crippen LogP contribution in [0.4, 0.5) is 0 Å². The summed E-state index contributed by atoms with van der Waals surface area (Å²) in [6.45, 7) is 1.60. The molecular formula is C19H17N3O3. The fraction of sp³-hybridized carbons (Fsp3) is 0.105. The van der Waals surface area contributed by atoms with E-state index in [-0.39, 0.29) is 12.0 Å². The van der Waals surface area contributed by atoms with E-state index in [1.807, 2.05) is 36.5 Å². The SMILES string of the molecule is CCC(=O)O.O=c1[nH]c2ccc(-c3cccnc3)cc2c2cc[nH]c12. The quantitative estimate of drug-likeness (QED) is 0.521. The van der Waals surface area contributed by atoms with Gasteiger partial charge in [0.2, 0.25) is 0 Å². The predicted octanol–water partition coefficient (Wildman–Crippen LogP) is 3.55. The number of nitrogens with one attached hydrogen (secondary N) is 2. The normalized spacial score (nSPS) is 10.4. The molecule has 0 saturated heterocycles. The highest BCUT2D eigenvalue weighted by atomic mass is 16.4. The number of aliphatic carboxylic acids is 1. The van der Waals surface area contributed by atoms with Crippen LogP contribution >= 0.6 is 0 Å². The van der Waals surface area contributed by atoms with Crippen LogP contribution in [0.15, 0.2) is 59.8 Å². The summed E-state index contributed by atoms with van der Waals surface area (Å²) in [5.74, 6) is -0.745. The van der Waals surface area contributed by atoms with Gasteiger partial charge in [0.05, 0.1) is 0 Å². The summed E-state index contributed by atoms with van der Waals surface area (Å²) in [6, 6.07) is 11.9. The molecule has 4 aromatic rings. The van der Waals surface area contributed by atoms with Gasteiger partial charge in [-0.2, -0.15) is 0 Å². The Hall–Kier alpha value is -3.41. The van der Waals surface area contributed by atoms with Gasteiger partial charge in [0.15, 0.2) is 0 Å². The van der Waals surface area contributed by atoms with Crippen LogP contribution in [0.25, 0.3) is 32.9 Å². The van der Waals surface area contributed by atoms with Gasteiger partial charge in [0.1, 0.15) is 5.52 Å². The summed E-state index contributed by atoms with van der Waals surface area (Å²) in [5.41, 5.74) is 3.51. The Bertz CT molecular complexity index is 1080. The molecule has 0 atom stereocenters. The third-order valence-corrected chi connectivity index (χ3v) is 3.83. The number of aromatic nitrogens is 3. The van der Waals surface area contributed by atoms with Crippen molar-refractivity contribution in [3.8, 4) is 11.1 Å². The minimum atomic E-state index is -0.745. The number of carboxylic acid groups (broad SMARTS) is 1. The van der Waals surface area contributed by atoms with Crippen LogP contribution in [-0.4, -0.2) is 26.0 Å². The second kappa shape index (κ2) is 7.00. The van der Waals surface area contributed by atoms with Crippen molar-refractivity contribution in [2.75, 3.05) is 0 Å². The number of H-pyrrole nitrogens is 2. The van der Waals surface area contributed by atoms with Crippen LogP contribution < -0.4 is 5.56 Å². The number of carboxylic acids is 1. The number of benzene rings is 1. The van der Waals surface area contributed by atoms with Crippen LogP contribution in [0.5, 0.6) is 0 Å². The molecule has 3 aromatic heterocycles. The van der Waals surface area contributed by atoms with Crippen LogP contribution in [0.2, 0.25) is 0 Å². The zero-order chi connectivity index (χ0) is 17.8. The molecule has 0 spiro atoms. The standard InChI is InChI=1S/C16H11N3O.C3H6O2/c20-16-15-12(5-7-18-15)13-8-10(3-4-14(13)19-16)11-2-1-6-17-9-11;1-2-3(4)5/h1-9,18H,(H,19,20);2H2,1H3,(H,4,5). The summed E-state index contributed by atoms with van der Waals surface area (Å²) in [6.07, 6.45) is 5.60. The summed E-state index contributed by atoms with van der Waals surface area (Å²) in [7, 11) is 0. The second-order valence-corrected chi connectivity index (χ2v) is 5.47. The Morgan fingerprint density at radius 1 is 1.16 bits per heavy atom. The maximum atomic E-state index is 11.9. The number of rotatable bonds is 2. The van der Waals surface area contributed by atoms with Gasteiger partial charge in [-0.25, -0.2) is 0 Å². The Balaban J connectivity index is 0.000000324. The predicted molar refractivity (Wildman–Crippen MR) is 97.6 cm³/mol. The molecule has 6 nitrogen and oxygen atoms in total. The number of pyridine rings is 2. The fourth-order valence-corrected chi connectivity index (χ4v) is 2.56. The van der Waals surface area contributed by atoms with E-state index < -0.39 is 5.97 Å². The maximum Gasteiger partial charge on any atom is 0.303 e. The van der Waals surface area contributed by atoms with E-state index in [0.717, 1.165) is 27.4 Å². The van der Waals surface area contributed by atoms with Crippen molar-refractivity contribution in [2.24, 2.45) is 0 Å². The van der Waals surface area contributed by atoms with Gasteiger partial charge < -0.3 is 15.1 Å². The van der Waals surface area contributed by atoms with Crippen molar-refractivity contribution in [3.63, 3.8) is 0 Å². The van der Waals surface area contributed by atoms with Gasteiger partial charge in [-0.15, -0.1) is 0 Å². The Labute approximate surface area is 143 Å². The largest absolute Gasteiger partial charge is 0.481 e. The molecule has 0 unspecified atom stereocenters. The number of nitrogens with zero attached hydrogens (tertiary/aromatic N) is 1. The number of hydrogen-bond acceptors (Lipinski definition) is 3. The lowest BCUT2D eigenvalue weighted by molar-refractivity contribution is -0.136. The third-order valence-electron chi connectivity index (χ3n) is 3.83. The van der Waals surface area contributed by atoms with E-state index >= 15 is 0 Å². The van der Waals surface area contributed by atoms with E-state index in [1.54, 1.807) is 19.3 Å². The molecule has 0 bridgehead atoms. The lowest BCUT2D eigenvalue weighted by Gasteiger charge is -2.04. The zero-order valence-electron chi connectivity index (χ0n) is 13.6. The first kappa shape index (κ1) is 16.4. The maximum absolute atomic E-state index is 11.9.